The standard InChI is InChI=1S/C18H40N.H3N.H3O4P/c1-5-9-10-11-12-13-14-15-16-17-18-19(6-2,7-3)8-4;;1-5(2,3)4/h5-18H2,1-4H3;1H3;(H3,1,2,3,4)/q+1;;. The Morgan fingerprint density at radius 3 is 1.20 bits per heavy atom. The molecule has 0 radical (unpaired) electrons. The molecule has 0 aliphatic heterocycles. The Hall–Kier alpha value is 0.0300. The van der Waals surface area contributed by atoms with Crippen molar-refractivity contribution in [3.05, 3.63) is 0 Å². The second-order valence-electron chi connectivity index (χ2n) is 6.71. The van der Waals surface area contributed by atoms with Crippen molar-refractivity contribution in [3.8, 4) is 0 Å². The van der Waals surface area contributed by atoms with Crippen LogP contribution < -0.4 is 6.15 Å². The van der Waals surface area contributed by atoms with Crippen molar-refractivity contribution in [2.75, 3.05) is 26.2 Å². The molecule has 6 N–H and O–H groups in total. The van der Waals surface area contributed by atoms with E-state index in [1.165, 1.54) is 94.9 Å². The number of hydrogen-bond donors (Lipinski definition) is 4. The fourth-order valence-corrected chi connectivity index (χ4v) is 3.08. The molecule has 0 aliphatic rings. The number of nitrogens with zero attached hydrogens (tertiary/aromatic N) is 1. The van der Waals surface area contributed by atoms with Gasteiger partial charge in [-0.1, -0.05) is 58.3 Å². The van der Waals surface area contributed by atoms with Gasteiger partial charge in [0, 0.05) is 0 Å². The van der Waals surface area contributed by atoms with Crippen LogP contribution in [0.5, 0.6) is 0 Å². The summed E-state index contributed by atoms with van der Waals surface area (Å²) in [7, 11) is -4.64. The molecule has 0 amide bonds. The van der Waals surface area contributed by atoms with E-state index in [4.69, 9.17) is 19.2 Å². The average molecular weight is 386 g/mol. The number of hydrogen-bond acceptors (Lipinski definition) is 2. The molecule has 25 heavy (non-hydrogen) atoms. The summed E-state index contributed by atoms with van der Waals surface area (Å²) in [5.74, 6) is 0. The minimum Gasteiger partial charge on any atom is -0.344 e. The molecule has 0 aromatic rings. The molecule has 0 spiro atoms. The third-order valence-electron chi connectivity index (χ3n) is 5.00. The zero-order valence-corrected chi connectivity index (χ0v) is 18.1. The van der Waals surface area contributed by atoms with E-state index in [2.05, 4.69) is 27.7 Å². The van der Waals surface area contributed by atoms with Crippen LogP contribution in [0.3, 0.4) is 0 Å². The Labute approximate surface area is 156 Å². The van der Waals surface area contributed by atoms with Gasteiger partial charge in [0.1, 0.15) is 0 Å². The zero-order chi connectivity index (χ0) is 18.9. The van der Waals surface area contributed by atoms with Crippen LogP contribution in [0.1, 0.15) is 91.9 Å². The van der Waals surface area contributed by atoms with E-state index in [-0.39, 0.29) is 6.15 Å². The molecule has 0 saturated carbocycles. The van der Waals surface area contributed by atoms with E-state index in [9.17, 15) is 0 Å². The van der Waals surface area contributed by atoms with Crippen LogP contribution in [0.15, 0.2) is 0 Å². The van der Waals surface area contributed by atoms with Crippen molar-refractivity contribution in [2.45, 2.75) is 91.9 Å². The van der Waals surface area contributed by atoms with Gasteiger partial charge in [-0.2, -0.15) is 0 Å². The number of phosphoric acid groups is 1. The summed E-state index contributed by atoms with van der Waals surface area (Å²) in [6.07, 6.45) is 14.5. The summed E-state index contributed by atoms with van der Waals surface area (Å²) in [5, 5.41) is 0. The lowest BCUT2D eigenvalue weighted by Gasteiger charge is -2.35. The fourth-order valence-electron chi connectivity index (χ4n) is 3.08. The Balaban J connectivity index is -0.000000704. The molecule has 0 heterocycles. The van der Waals surface area contributed by atoms with Crippen molar-refractivity contribution in [3.63, 3.8) is 0 Å². The van der Waals surface area contributed by atoms with Gasteiger partial charge in [0.2, 0.25) is 0 Å². The summed E-state index contributed by atoms with van der Waals surface area (Å²) in [6, 6.07) is 0. The van der Waals surface area contributed by atoms with Gasteiger partial charge >= 0.3 is 7.82 Å². The largest absolute Gasteiger partial charge is 0.466 e. The highest BCUT2D eigenvalue weighted by molar-refractivity contribution is 7.45. The second kappa shape index (κ2) is 18.8. The Bertz CT molecular complexity index is 291. The molecule has 0 unspecified atom stereocenters. The minimum absolute atomic E-state index is 0. The van der Waals surface area contributed by atoms with Gasteiger partial charge in [0.05, 0.1) is 26.2 Å². The molecule has 156 valence electrons. The van der Waals surface area contributed by atoms with Gasteiger partial charge in [-0.25, -0.2) is 4.57 Å². The molecule has 0 atom stereocenters. The first kappa shape index (κ1) is 29.8. The second-order valence-corrected chi connectivity index (χ2v) is 7.74. The molecule has 0 saturated heterocycles. The van der Waals surface area contributed by atoms with Crippen molar-refractivity contribution in [1.29, 1.82) is 0 Å². The van der Waals surface area contributed by atoms with E-state index in [0.29, 0.717) is 0 Å². The first-order valence-electron chi connectivity index (χ1n) is 9.88. The van der Waals surface area contributed by atoms with Gasteiger partial charge in [-0.3, -0.25) is 0 Å². The summed E-state index contributed by atoms with van der Waals surface area (Å²) in [5.41, 5.74) is 0. The molecular formula is C18H46N2O4P+. The van der Waals surface area contributed by atoms with Crippen LogP contribution in [-0.2, 0) is 4.57 Å². The van der Waals surface area contributed by atoms with Gasteiger partial charge in [0.15, 0.2) is 0 Å². The third-order valence-corrected chi connectivity index (χ3v) is 5.00. The van der Waals surface area contributed by atoms with Crippen molar-refractivity contribution in [1.82, 2.24) is 6.15 Å². The van der Waals surface area contributed by atoms with Crippen LogP contribution in [0.2, 0.25) is 0 Å². The number of quaternary nitrogens is 1. The molecule has 0 aliphatic carbocycles. The van der Waals surface area contributed by atoms with Crippen molar-refractivity contribution >= 4 is 7.82 Å². The molecule has 0 bridgehead atoms. The molecule has 7 heteroatoms. The first-order valence-corrected chi connectivity index (χ1v) is 11.4. The van der Waals surface area contributed by atoms with E-state index in [1.54, 1.807) is 0 Å². The van der Waals surface area contributed by atoms with Gasteiger partial charge < -0.3 is 25.3 Å². The smallest absolute Gasteiger partial charge is 0.344 e. The van der Waals surface area contributed by atoms with Crippen LogP contribution >= 0.6 is 7.82 Å². The summed E-state index contributed by atoms with van der Waals surface area (Å²) >= 11 is 0. The molecular weight excluding hydrogens is 339 g/mol. The molecule has 0 fully saturated rings. The first-order chi connectivity index (χ1) is 11.2. The maximum absolute atomic E-state index is 8.88. The summed E-state index contributed by atoms with van der Waals surface area (Å²) in [4.78, 5) is 21.6. The maximum Gasteiger partial charge on any atom is 0.466 e. The SMILES string of the molecule is CCCCCCCCCCCC[N+](CC)(CC)CC.N.O=P(O)(O)O. The maximum atomic E-state index is 8.88. The van der Waals surface area contributed by atoms with E-state index in [1.807, 2.05) is 0 Å². The predicted octanol–water partition coefficient (Wildman–Crippen LogP) is 5.02. The van der Waals surface area contributed by atoms with Gasteiger partial charge in [0.25, 0.3) is 0 Å². The summed E-state index contributed by atoms with van der Waals surface area (Å²) in [6.45, 7) is 14.7. The van der Waals surface area contributed by atoms with E-state index >= 15 is 0 Å². The molecule has 0 aromatic carbocycles. The highest BCUT2D eigenvalue weighted by Crippen LogP contribution is 2.25. The molecule has 6 nitrogen and oxygen atoms in total. The normalized spacial score (nSPS) is 11.5. The Kier molecular flexibility index (Phi) is 22.4. The third kappa shape index (κ3) is 24.0. The van der Waals surface area contributed by atoms with Crippen molar-refractivity contribution < 1.29 is 23.7 Å². The lowest BCUT2D eigenvalue weighted by atomic mass is 10.1. The lowest BCUT2D eigenvalue weighted by molar-refractivity contribution is -0.923. The fraction of sp³-hybridized carbons (Fsp3) is 1.00. The Morgan fingerprint density at radius 2 is 0.920 bits per heavy atom. The van der Waals surface area contributed by atoms with Gasteiger partial charge in [-0.15, -0.1) is 0 Å². The van der Waals surface area contributed by atoms with E-state index < -0.39 is 7.82 Å². The quantitative estimate of drug-likeness (QED) is 0.190. The van der Waals surface area contributed by atoms with Crippen LogP contribution in [-0.4, -0.2) is 45.3 Å². The Morgan fingerprint density at radius 1 is 0.640 bits per heavy atom. The highest BCUT2D eigenvalue weighted by atomic mass is 31.2. The van der Waals surface area contributed by atoms with E-state index in [0.717, 1.165) is 0 Å². The zero-order valence-electron chi connectivity index (χ0n) is 17.3. The van der Waals surface area contributed by atoms with Crippen molar-refractivity contribution in [2.24, 2.45) is 0 Å². The average Bonchev–Trinajstić information content (AvgIpc) is 2.52. The monoisotopic (exact) mass is 385 g/mol. The minimum atomic E-state index is -4.64. The van der Waals surface area contributed by atoms with Crippen LogP contribution in [0.4, 0.5) is 0 Å². The molecule has 0 rings (SSSR count). The topological polar surface area (TPSA) is 113 Å². The number of rotatable bonds is 14. The predicted molar refractivity (Wildman–Crippen MR) is 108 cm³/mol. The lowest BCUT2D eigenvalue weighted by Crippen LogP contribution is -2.48. The summed E-state index contributed by atoms with van der Waals surface area (Å²) < 4.78 is 10.2. The van der Waals surface area contributed by atoms with Gasteiger partial charge in [-0.05, 0) is 33.6 Å². The van der Waals surface area contributed by atoms with Crippen LogP contribution in [0, 0.1) is 0 Å². The van der Waals surface area contributed by atoms with Crippen LogP contribution in [0.25, 0.3) is 0 Å². The number of unbranched alkanes of at least 4 members (excludes halogenated alkanes) is 9. The highest BCUT2D eigenvalue weighted by Gasteiger charge is 2.19. The molecule has 0 aromatic heterocycles.